The molecule has 134 valence electrons. The van der Waals surface area contributed by atoms with Crippen LogP contribution < -0.4 is 20.5 Å². The molecule has 1 aromatic carbocycles. The standard InChI is InChI=1S/C19H26N4O2/c1-14(2)9-10-21-19(20)23-13-15-7-8-18(22-12-15)25-17-6-4-5-16(11-17)24-3/h4-8,11-12,14H,9-10,13H2,1-3H3,(H3,20,21,23). The fourth-order valence-corrected chi connectivity index (χ4v) is 2.07. The lowest BCUT2D eigenvalue weighted by Gasteiger charge is -2.08. The van der Waals surface area contributed by atoms with E-state index in [1.807, 2.05) is 36.4 Å². The minimum atomic E-state index is 0.456. The van der Waals surface area contributed by atoms with E-state index in [4.69, 9.17) is 15.2 Å². The van der Waals surface area contributed by atoms with Gasteiger partial charge < -0.3 is 20.5 Å². The fourth-order valence-electron chi connectivity index (χ4n) is 2.07. The molecule has 1 heterocycles. The molecule has 0 aliphatic carbocycles. The minimum absolute atomic E-state index is 0.456. The maximum Gasteiger partial charge on any atom is 0.219 e. The molecule has 0 atom stereocenters. The summed E-state index contributed by atoms with van der Waals surface area (Å²) in [6.07, 6.45) is 2.80. The normalized spacial score (nSPS) is 11.4. The van der Waals surface area contributed by atoms with Gasteiger partial charge >= 0.3 is 0 Å². The van der Waals surface area contributed by atoms with Crippen molar-refractivity contribution in [2.45, 2.75) is 26.8 Å². The summed E-state index contributed by atoms with van der Waals surface area (Å²) in [7, 11) is 1.62. The van der Waals surface area contributed by atoms with Crippen molar-refractivity contribution in [2.75, 3.05) is 13.7 Å². The molecule has 1 aromatic heterocycles. The Kier molecular flexibility index (Phi) is 7.07. The van der Waals surface area contributed by atoms with Crippen LogP contribution in [-0.4, -0.2) is 24.6 Å². The number of aromatic nitrogens is 1. The lowest BCUT2D eigenvalue weighted by molar-refractivity contribution is 0.407. The van der Waals surface area contributed by atoms with Crippen LogP contribution in [0.5, 0.6) is 17.4 Å². The molecule has 6 nitrogen and oxygen atoms in total. The van der Waals surface area contributed by atoms with Crippen LogP contribution in [0.4, 0.5) is 0 Å². The van der Waals surface area contributed by atoms with E-state index in [1.54, 1.807) is 13.3 Å². The first-order valence-corrected chi connectivity index (χ1v) is 8.37. The van der Waals surface area contributed by atoms with Crippen LogP contribution in [0.3, 0.4) is 0 Å². The van der Waals surface area contributed by atoms with Crippen molar-refractivity contribution in [1.29, 1.82) is 0 Å². The minimum Gasteiger partial charge on any atom is -0.497 e. The van der Waals surface area contributed by atoms with Crippen LogP contribution >= 0.6 is 0 Å². The van der Waals surface area contributed by atoms with Crippen LogP contribution in [0.25, 0.3) is 0 Å². The van der Waals surface area contributed by atoms with E-state index < -0.39 is 0 Å². The monoisotopic (exact) mass is 342 g/mol. The number of nitrogens with one attached hydrogen (secondary N) is 1. The summed E-state index contributed by atoms with van der Waals surface area (Å²) in [6, 6.07) is 11.1. The highest BCUT2D eigenvalue weighted by Crippen LogP contribution is 2.23. The van der Waals surface area contributed by atoms with Crippen molar-refractivity contribution in [3.05, 3.63) is 48.2 Å². The number of guanidine groups is 1. The number of pyridine rings is 1. The average molecular weight is 342 g/mol. The van der Waals surface area contributed by atoms with Crippen molar-refractivity contribution in [3.63, 3.8) is 0 Å². The van der Waals surface area contributed by atoms with Crippen LogP contribution in [0.2, 0.25) is 0 Å². The molecule has 0 radical (unpaired) electrons. The molecule has 2 aromatic rings. The molecule has 6 heteroatoms. The largest absolute Gasteiger partial charge is 0.497 e. The Morgan fingerprint density at radius 3 is 2.72 bits per heavy atom. The van der Waals surface area contributed by atoms with E-state index in [9.17, 15) is 0 Å². The number of methoxy groups -OCH3 is 1. The van der Waals surface area contributed by atoms with Gasteiger partial charge in [-0.3, -0.25) is 0 Å². The second-order valence-electron chi connectivity index (χ2n) is 6.10. The second-order valence-corrected chi connectivity index (χ2v) is 6.10. The first-order valence-electron chi connectivity index (χ1n) is 8.37. The molecular weight excluding hydrogens is 316 g/mol. The molecule has 0 fully saturated rings. The van der Waals surface area contributed by atoms with Crippen LogP contribution in [-0.2, 0) is 6.54 Å². The summed E-state index contributed by atoms with van der Waals surface area (Å²) in [5.41, 5.74) is 6.81. The van der Waals surface area contributed by atoms with E-state index in [1.165, 1.54) is 0 Å². The molecular formula is C19H26N4O2. The Hall–Kier alpha value is -2.76. The molecule has 0 amide bonds. The topological polar surface area (TPSA) is 81.8 Å². The summed E-state index contributed by atoms with van der Waals surface area (Å²) in [5, 5.41) is 3.11. The number of nitrogens with zero attached hydrogens (tertiary/aromatic N) is 2. The predicted molar refractivity (Wildman–Crippen MR) is 100 cm³/mol. The van der Waals surface area contributed by atoms with E-state index in [-0.39, 0.29) is 0 Å². The fraction of sp³-hybridized carbons (Fsp3) is 0.368. The highest BCUT2D eigenvalue weighted by Gasteiger charge is 2.01. The lowest BCUT2D eigenvalue weighted by Crippen LogP contribution is -2.32. The molecule has 0 saturated carbocycles. The van der Waals surface area contributed by atoms with Crippen molar-refractivity contribution in [2.24, 2.45) is 16.6 Å². The quantitative estimate of drug-likeness (QED) is 0.568. The SMILES string of the molecule is COc1cccc(Oc2ccc(CN=C(N)NCCC(C)C)cn2)c1. The van der Waals surface area contributed by atoms with Crippen molar-refractivity contribution < 1.29 is 9.47 Å². The highest BCUT2D eigenvalue weighted by atomic mass is 16.5. The maximum absolute atomic E-state index is 5.85. The predicted octanol–water partition coefficient (Wildman–Crippen LogP) is 3.33. The zero-order chi connectivity index (χ0) is 18.1. The number of nitrogens with two attached hydrogens (primary N) is 1. The van der Waals surface area contributed by atoms with Gasteiger partial charge in [-0.15, -0.1) is 0 Å². The van der Waals surface area contributed by atoms with Crippen molar-refractivity contribution in [1.82, 2.24) is 10.3 Å². The first-order chi connectivity index (χ1) is 12.1. The first kappa shape index (κ1) is 18.6. The van der Waals surface area contributed by atoms with Crippen molar-refractivity contribution >= 4 is 5.96 Å². The number of hydrogen-bond acceptors (Lipinski definition) is 4. The summed E-state index contributed by atoms with van der Waals surface area (Å²) in [4.78, 5) is 8.61. The van der Waals surface area contributed by atoms with Gasteiger partial charge in [-0.05, 0) is 30.0 Å². The van der Waals surface area contributed by atoms with Gasteiger partial charge in [0.15, 0.2) is 5.96 Å². The molecule has 0 aliphatic heterocycles. The van der Waals surface area contributed by atoms with E-state index in [0.29, 0.717) is 30.1 Å². The Balaban J connectivity index is 1.86. The van der Waals surface area contributed by atoms with Gasteiger partial charge in [0.2, 0.25) is 5.88 Å². The van der Waals surface area contributed by atoms with Gasteiger partial charge in [0, 0.05) is 24.9 Å². The summed E-state index contributed by atoms with van der Waals surface area (Å²) in [5.74, 6) is 3.03. The Bertz CT molecular complexity index is 684. The molecule has 3 N–H and O–H groups in total. The third-order valence-corrected chi connectivity index (χ3v) is 3.52. The van der Waals surface area contributed by atoms with Gasteiger partial charge in [-0.2, -0.15) is 0 Å². The number of aliphatic imine (C=N–C) groups is 1. The number of benzene rings is 1. The van der Waals surface area contributed by atoms with Gasteiger partial charge in [0.25, 0.3) is 0 Å². The summed E-state index contributed by atoms with van der Waals surface area (Å²) in [6.45, 7) is 5.66. The number of hydrogen-bond donors (Lipinski definition) is 2. The van der Waals surface area contributed by atoms with E-state index in [2.05, 4.69) is 29.1 Å². The van der Waals surface area contributed by atoms with Gasteiger partial charge in [-0.1, -0.05) is 26.0 Å². The number of rotatable bonds is 8. The summed E-state index contributed by atoms with van der Waals surface area (Å²) < 4.78 is 10.9. The molecule has 25 heavy (non-hydrogen) atoms. The smallest absolute Gasteiger partial charge is 0.219 e. The molecule has 0 saturated heterocycles. The van der Waals surface area contributed by atoms with Gasteiger partial charge in [0.05, 0.1) is 13.7 Å². The third kappa shape index (κ3) is 6.71. The van der Waals surface area contributed by atoms with Crippen LogP contribution in [0, 0.1) is 5.92 Å². The van der Waals surface area contributed by atoms with Crippen LogP contribution in [0.15, 0.2) is 47.6 Å². The zero-order valence-electron chi connectivity index (χ0n) is 15.0. The lowest BCUT2D eigenvalue weighted by atomic mass is 10.1. The van der Waals surface area contributed by atoms with Gasteiger partial charge in [-0.25, -0.2) is 9.98 Å². The molecule has 2 rings (SSSR count). The summed E-state index contributed by atoms with van der Waals surface area (Å²) >= 11 is 0. The van der Waals surface area contributed by atoms with Crippen molar-refractivity contribution in [3.8, 4) is 17.4 Å². The zero-order valence-corrected chi connectivity index (χ0v) is 15.0. The average Bonchev–Trinajstić information content (AvgIpc) is 2.61. The van der Waals surface area contributed by atoms with E-state index in [0.717, 1.165) is 24.3 Å². The Morgan fingerprint density at radius 2 is 2.04 bits per heavy atom. The number of ether oxygens (including phenoxy) is 2. The molecule has 0 bridgehead atoms. The molecule has 0 spiro atoms. The second kappa shape index (κ2) is 9.52. The van der Waals surface area contributed by atoms with E-state index >= 15 is 0 Å². The molecule has 0 unspecified atom stereocenters. The Morgan fingerprint density at radius 1 is 1.24 bits per heavy atom. The molecule has 0 aliphatic rings. The van der Waals surface area contributed by atoms with Crippen LogP contribution in [0.1, 0.15) is 25.8 Å². The maximum atomic E-state index is 5.85. The van der Waals surface area contributed by atoms with Gasteiger partial charge in [0.1, 0.15) is 11.5 Å². The third-order valence-electron chi connectivity index (χ3n) is 3.52. The Labute approximate surface area is 149 Å². The highest BCUT2D eigenvalue weighted by molar-refractivity contribution is 5.77.